The van der Waals surface area contributed by atoms with Crippen LogP contribution in [0.25, 0.3) is 0 Å². The van der Waals surface area contributed by atoms with Crippen LogP contribution in [-0.2, 0) is 33.7 Å². The fourth-order valence-electron chi connectivity index (χ4n) is 6.54. The van der Waals surface area contributed by atoms with Crippen LogP contribution < -0.4 is 10.1 Å². The number of rotatable bonds is 14. The molecule has 1 fully saturated rings. The Hall–Kier alpha value is -4.00. The second-order valence-electron chi connectivity index (χ2n) is 14.1. The van der Waals surface area contributed by atoms with Crippen LogP contribution >= 0.6 is 0 Å². The number of nitrogens with one attached hydrogen (secondary N) is 1. The molecule has 11 heteroatoms. The van der Waals surface area contributed by atoms with Gasteiger partial charge in [-0.3, -0.25) is 9.69 Å². The van der Waals surface area contributed by atoms with Gasteiger partial charge in [0.15, 0.2) is 0 Å². The van der Waals surface area contributed by atoms with E-state index in [1.165, 1.54) is 0 Å². The van der Waals surface area contributed by atoms with Gasteiger partial charge in [0.1, 0.15) is 24.1 Å². The molecule has 1 heterocycles. The Balaban J connectivity index is 1.30. The lowest BCUT2D eigenvalue weighted by atomic mass is 9.95. The van der Waals surface area contributed by atoms with Crippen LogP contribution in [0.1, 0.15) is 55.5 Å². The fraction of sp³-hybridized carbons (Fsp3) is 0.487. The number of aliphatic hydroxyl groups is 3. The standard InChI is InChI=1S/C39H51N3O8/c1-39(2,3)50-38(47)40-32(23-27-9-5-4-6-10-27)37(46)34(44)25-35(45)42(36-31-12-8-7-11-29(31)24-33(36)43)26-28-13-15-30(16-14-28)49-22-19-41-17-20-48-21-18-41/h4-16,32-34,36-37,43-44,46H,17-26H2,1-3H3,(H,40,47)/t32-,33+,34-,36-,37+/m0/s1. The molecule has 2 amide bonds. The molecule has 0 unspecified atom stereocenters. The van der Waals surface area contributed by atoms with Crippen molar-refractivity contribution < 1.29 is 39.1 Å². The van der Waals surface area contributed by atoms with Crippen LogP contribution in [-0.4, -0.2) is 107 Å². The van der Waals surface area contributed by atoms with E-state index in [-0.39, 0.29) is 13.0 Å². The summed E-state index contributed by atoms with van der Waals surface area (Å²) in [6.07, 6.45) is -4.45. The zero-order chi connectivity index (χ0) is 35.7. The van der Waals surface area contributed by atoms with Crippen molar-refractivity contribution in [1.82, 2.24) is 15.1 Å². The fourth-order valence-corrected chi connectivity index (χ4v) is 6.54. The van der Waals surface area contributed by atoms with E-state index in [9.17, 15) is 24.9 Å². The number of carbonyl (C=O) groups is 2. The number of fused-ring (bicyclic) bond motifs is 1. The summed E-state index contributed by atoms with van der Waals surface area (Å²) in [6, 6.07) is 22.8. The quantitative estimate of drug-likeness (QED) is 0.200. The highest BCUT2D eigenvalue weighted by Gasteiger charge is 2.39. The Kier molecular flexibility index (Phi) is 12.9. The number of alkyl carbamates (subject to hydrolysis) is 1. The van der Waals surface area contributed by atoms with Gasteiger partial charge in [0.25, 0.3) is 0 Å². The Bertz CT molecular complexity index is 1520. The molecule has 2 aliphatic rings. The van der Waals surface area contributed by atoms with Gasteiger partial charge in [-0.05, 0) is 61.6 Å². The van der Waals surface area contributed by atoms with E-state index in [1.54, 1.807) is 25.7 Å². The van der Waals surface area contributed by atoms with Crippen molar-refractivity contribution in [2.24, 2.45) is 0 Å². The largest absolute Gasteiger partial charge is 0.492 e. The minimum Gasteiger partial charge on any atom is -0.492 e. The second-order valence-corrected chi connectivity index (χ2v) is 14.1. The van der Waals surface area contributed by atoms with Crippen LogP contribution in [0, 0.1) is 0 Å². The molecule has 3 aromatic carbocycles. The number of benzene rings is 3. The lowest BCUT2D eigenvalue weighted by Gasteiger charge is -2.34. The highest BCUT2D eigenvalue weighted by Crippen LogP contribution is 2.37. The van der Waals surface area contributed by atoms with Crippen molar-refractivity contribution in [2.75, 3.05) is 39.5 Å². The van der Waals surface area contributed by atoms with E-state index in [0.717, 1.165) is 55.1 Å². The minimum absolute atomic E-state index is 0.162. The topological polar surface area (TPSA) is 141 Å². The maximum absolute atomic E-state index is 14.1. The zero-order valence-electron chi connectivity index (χ0n) is 29.2. The van der Waals surface area contributed by atoms with Gasteiger partial charge in [-0.2, -0.15) is 0 Å². The first-order valence-electron chi connectivity index (χ1n) is 17.4. The van der Waals surface area contributed by atoms with Crippen LogP contribution in [0.3, 0.4) is 0 Å². The Morgan fingerprint density at radius 1 is 0.960 bits per heavy atom. The van der Waals surface area contributed by atoms with Crippen LogP contribution in [0.5, 0.6) is 5.75 Å². The number of nitrogens with zero attached hydrogens (tertiary/aromatic N) is 2. The van der Waals surface area contributed by atoms with Gasteiger partial charge in [0.05, 0.1) is 43.9 Å². The molecule has 5 rings (SSSR count). The molecule has 1 aliphatic carbocycles. The molecule has 0 aromatic heterocycles. The molecule has 270 valence electrons. The average Bonchev–Trinajstić information content (AvgIpc) is 3.42. The first-order valence-corrected chi connectivity index (χ1v) is 17.4. The summed E-state index contributed by atoms with van der Waals surface area (Å²) < 4.78 is 16.8. The van der Waals surface area contributed by atoms with Gasteiger partial charge in [-0.1, -0.05) is 66.7 Å². The molecule has 1 saturated heterocycles. The van der Waals surface area contributed by atoms with E-state index >= 15 is 0 Å². The smallest absolute Gasteiger partial charge is 0.407 e. The number of ether oxygens (including phenoxy) is 3. The molecule has 0 bridgehead atoms. The van der Waals surface area contributed by atoms with E-state index in [2.05, 4.69) is 10.2 Å². The second kappa shape index (κ2) is 17.3. The van der Waals surface area contributed by atoms with E-state index < -0.39 is 54.4 Å². The highest BCUT2D eigenvalue weighted by atomic mass is 16.6. The van der Waals surface area contributed by atoms with Crippen LogP contribution in [0.2, 0.25) is 0 Å². The predicted molar refractivity (Wildman–Crippen MR) is 189 cm³/mol. The van der Waals surface area contributed by atoms with Crippen molar-refractivity contribution in [3.8, 4) is 5.75 Å². The number of hydrogen-bond donors (Lipinski definition) is 4. The molecule has 5 atom stereocenters. The molecule has 3 aromatic rings. The molecule has 11 nitrogen and oxygen atoms in total. The average molecular weight is 690 g/mol. The number of amides is 2. The summed E-state index contributed by atoms with van der Waals surface area (Å²) in [5.41, 5.74) is 2.68. The molecule has 0 saturated carbocycles. The summed E-state index contributed by atoms with van der Waals surface area (Å²) in [5, 5.41) is 36.7. The third kappa shape index (κ3) is 10.5. The van der Waals surface area contributed by atoms with Gasteiger partial charge < -0.3 is 39.7 Å². The summed E-state index contributed by atoms with van der Waals surface area (Å²) in [6.45, 7) is 9.97. The van der Waals surface area contributed by atoms with Crippen molar-refractivity contribution >= 4 is 12.0 Å². The highest BCUT2D eigenvalue weighted by molar-refractivity contribution is 5.78. The number of aliphatic hydroxyl groups excluding tert-OH is 3. The normalized spacial score (nSPS) is 19.6. The molecular weight excluding hydrogens is 638 g/mol. The van der Waals surface area contributed by atoms with Crippen molar-refractivity contribution in [1.29, 1.82) is 0 Å². The summed E-state index contributed by atoms with van der Waals surface area (Å²) in [7, 11) is 0. The zero-order valence-corrected chi connectivity index (χ0v) is 29.2. The minimum atomic E-state index is -1.52. The third-order valence-corrected chi connectivity index (χ3v) is 9.07. The van der Waals surface area contributed by atoms with Gasteiger partial charge in [0.2, 0.25) is 5.91 Å². The Morgan fingerprint density at radius 2 is 1.64 bits per heavy atom. The lowest BCUT2D eigenvalue weighted by Crippen LogP contribution is -2.52. The molecule has 50 heavy (non-hydrogen) atoms. The number of morpholine rings is 1. The first-order chi connectivity index (χ1) is 24.0. The summed E-state index contributed by atoms with van der Waals surface area (Å²) in [4.78, 5) is 30.8. The van der Waals surface area contributed by atoms with Crippen molar-refractivity contribution in [3.63, 3.8) is 0 Å². The summed E-state index contributed by atoms with van der Waals surface area (Å²) >= 11 is 0. The van der Waals surface area contributed by atoms with E-state index in [0.29, 0.717) is 18.8 Å². The van der Waals surface area contributed by atoms with Crippen molar-refractivity contribution in [3.05, 3.63) is 101 Å². The Labute approximate surface area is 294 Å². The van der Waals surface area contributed by atoms with Gasteiger partial charge in [-0.25, -0.2) is 4.79 Å². The molecule has 4 N–H and O–H groups in total. The molecule has 0 radical (unpaired) electrons. The Morgan fingerprint density at radius 3 is 2.34 bits per heavy atom. The molecular formula is C39H51N3O8. The maximum Gasteiger partial charge on any atom is 0.407 e. The van der Waals surface area contributed by atoms with E-state index in [1.807, 2.05) is 78.9 Å². The van der Waals surface area contributed by atoms with E-state index in [4.69, 9.17) is 14.2 Å². The summed E-state index contributed by atoms with van der Waals surface area (Å²) in [5.74, 6) is 0.269. The van der Waals surface area contributed by atoms with Gasteiger partial charge in [0, 0.05) is 32.6 Å². The third-order valence-electron chi connectivity index (χ3n) is 9.07. The van der Waals surface area contributed by atoms with Crippen LogP contribution in [0.4, 0.5) is 4.79 Å². The molecule has 1 aliphatic heterocycles. The number of hydrogen-bond acceptors (Lipinski definition) is 9. The lowest BCUT2D eigenvalue weighted by molar-refractivity contribution is -0.141. The molecule has 0 spiro atoms. The maximum atomic E-state index is 14.1. The monoisotopic (exact) mass is 689 g/mol. The van der Waals surface area contributed by atoms with Crippen molar-refractivity contribution in [2.45, 2.75) is 82.6 Å². The first kappa shape index (κ1) is 37.3. The van der Waals surface area contributed by atoms with Gasteiger partial charge >= 0.3 is 6.09 Å². The SMILES string of the molecule is CC(C)(C)OC(=O)N[C@@H](Cc1ccccc1)[C@@H](O)[C@@H](O)CC(=O)N(Cc1ccc(OCCN2CCOCC2)cc1)[C@H]1c2ccccc2C[C@H]1O. The predicted octanol–water partition coefficient (Wildman–Crippen LogP) is 3.63. The van der Waals surface area contributed by atoms with Crippen LogP contribution in [0.15, 0.2) is 78.9 Å². The number of carbonyl (C=O) groups excluding carboxylic acids is 2. The van der Waals surface area contributed by atoms with Gasteiger partial charge in [-0.15, -0.1) is 0 Å².